The van der Waals surface area contributed by atoms with Crippen molar-refractivity contribution >= 4 is 41.4 Å². The smallest absolute Gasteiger partial charge is 0.290 e. The van der Waals surface area contributed by atoms with Crippen LogP contribution in [-0.4, -0.2) is 102 Å². The maximum Gasteiger partial charge on any atom is 0.290 e. The van der Waals surface area contributed by atoms with E-state index in [0.29, 0.717) is 55.0 Å². The molecule has 0 atom stereocenters. The highest BCUT2D eigenvalue weighted by molar-refractivity contribution is 5.97. The summed E-state index contributed by atoms with van der Waals surface area (Å²) >= 11 is 0. The Morgan fingerprint density at radius 2 is 1.79 bits per heavy atom. The highest BCUT2D eigenvalue weighted by atomic mass is 16.5. The molecule has 2 N–H and O–H groups in total. The Labute approximate surface area is 247 Å². The number of nitrogens with one attached hydrogen (secondary N) is 1. The molecule has 0 radical (unpaired) electrons. The molecule has 12 nitrogen and oxygen atoms in total. The van der Waals surface area contributed by atoms with E-state index < -0.39 is 0 Å². The third-order valence-electron chi connectivity index (χ3n) is 8.30. The summed E-state index contributed by atoms with van der Waals surface area (Å²) in [4.78, 5) is 52.0. The number of carboxylic acid groups (broad SMARTS) is 1. The van der Waals surface area contributed by atoms with E-state index >= 15 is 0 Å². The number of benzene rings is 1. The molecule has 5 rings (SSSR count). The average molecular weight is 582 g/mol. The Kier molecular flexibility index (Phi) is 9.87. The molecule has 1 aliphatic carbocycles. The first-order chi connectivity index (χ1) is 20.1. The fourth-order valence-electron chi connectivity index (χ4n) is 5.88. The maximum absolute atomic E-state index is 13.3. The van der Waals surface area contributed by atoms with E-state index in [1.807, 2.05) is 17.0 Å². The molecule has 1 saturated carbocycles. The third kappa shape index (κ3) is 6.92. The number of hydrogen-bond donors (Lipinski definition) is 2. The van der Waals surface area contributed by atoms with E-state index in [9.17, 15) is 9.59 Å². The number of piperazine rings is 1. The molecule has 228 valence electrons. The van der Waals surface area contributed by atoms with Gasteiger partial charge in [0.1, 0.15) is 11.4 Å². The maximum atomic E-state index is 13.3. The Morgan fingerprint density at radius 3 is 2.40 bits per heavy atom. The van der Waals surface area contributed by atoms with Crippen molar-refractivity contribution in [1.29, 1.82) is 0 Å². The second-order valence-corrected chi connectivity index (χ2v) is 11.8. The van der Waals surface area contributed by atoms with E-state index in [4.69, 9.17) is 19.6 Å². The SMILES string of the molecule is COc1cc(C(=O)N2CCN(C(C)(C)C)CC2)ccc1Nc1ncc2c(n1)N(C1CCCC1)CCC(=O)N2C.O=CO. The first-order valence-corrected chi connectivity index (χ1v) is 14.5. The number of carbonyl (C=O) groups excluding carboxylic acids is 2. The largest absolute Gasteiger partial charge is 0.495 e. The normalized spacial score (nSPS) is 18.1. The van der Waals surface area contributed by atoms with Gasteiger partial charge in [-0.15, -0.1) is 0 Å². The van der Waals surface area contributed by atoms with E-state index in [1.165, 1.54) is 12.8 Å². The molecule has 2 aromatic rings. The number of amides is 2. The monoisotopic (exact) mass is 581 g/mol. The number of ether oxygens (including phenoxy) is 1. The van der Waals surface area contributed by atoms with Gasteiger partial charge in [-0.1, -0.05) is 12.8 Å². The number of methoxy groups -OCH3 is 1. The molecular formula is C30H43N7O5. The van der Waals surface area contributed by atoms with Crippen molar-refractivity contribution in [2.45, 2.75) is 64.5 Å². The van der Waals surface area contributed by atoms with Crippen LogP contribution in [0.3, 0.4) is 0 Å². The van der Waals surface area contributed by atoms with Gasteiger partial charge in [-0.2, -0.15) is 4.98 Å². The molecule has 12 heteroatoms. The van der Waals surface area contributed by atoms with Gasteiger partial charge in [-0.25, -0.2) is 4.98 Å². The highest BCUT2D eigenvalue weighted by Crippen LogP contribution is 2.37. The molecule has 3 heterocycles. The van der Waals surface area contributed by atoms with E-state index in [-0.39, 0.29) is 23.8 Å². The van der Waals surface area contributed by atoms with Crippen LogP contribution in [0.15, 0.2) is 24.4 Å². The molecule has 3 aliphatic rings. The number of hydrogen-bond acceptors (Lipinski definition) is 9. The van der Waals surface area contributed by atoms with Gasteiger partial charge >= 0.3 is 0 Å². The molecule has 0 bridgehead atoms. The quantitative estimate of drug-likeness (QED) is 0.505. The summed E-state index contributed by atoms with van der Waals surface area (Å²) < 4.78 is 5.66. The third-order valence-corrected chi connectivity index (χ3v) is 8.30. The second kappa shape index (κ2) is 13.4. The summed E-state index contributed by atoms with van der Waals surface area (Å²) in [5, 5.41) is 10.2. The molecule has 42 heavy (non-hydrogen) atoms. The van der Waals surface area contributed by atoms with Gasteiger partial charge in [0.2, 0.25) is 11.9 Å². The lowest BCUT2D eigenvalue weighted by molar-refractivity contribution is -0.123. The molecule has 1 aromatic carbocycles. The second-order valence-electron chi connectivity index (χ2n) is 11.8. The molecular weight excluding hydrogens is 538 g/mol. The van der Waals surface area contributed by atoms with E-state index in [0.717, 1.165) is 37.4 Å². The summed E-state index contributed by atoms with van der Waals surface area (Å²) in [5.41, 5.74) is 2.10. The number of carbonyl (C=O) groups is 3. The minimum Gasteiger partial charge on any atom is -0.495 e. The molecule has 2 aliphatic heterocycles. The van der Waals surface area contributed by atoms with Crippen molar-refractivity contribution in [3.8, 4) is 5.75 Å². The first kappa shape index (κ1) is 31.0. The Balaban J connectivity index is 0.00000129. The van der Waals surface area contributed by atoms with Crippen LogP contribution in [0.4, 0.5) is 23.1 Å². The van der Waals surface area contributed by atoms with Gasteiger partial charge in [0.25, 0.3) is 12.4 Å². The van der Waals surface area contributed by atoms with Gasteiger partial charge in [-0.3, -0.25) is 19.3 Å². The fourth-order valence-corrected chi connectivity index (χ4v) is 5.88. The van der Waals surface area contributed by atoms with Gasteiger partial charge < -0.3 is 29.9 Å². The lowest BCUT2D eigenvalue weighted by Crippen LogP contribution is -2.54. The number of fused-ring (bicyclic) bond motifs is 1. The van der Waals surface area contributed by atoms with Crippen LogP contribution in [0.25, 0.3) is 0 Å². The van der Waals surface area contributed by atoms with Crippen molar-refractivity contribution in [3.05, 3.63) is 30.0 Å². The lowest BCUT2D eigenvalue weighted by atomic mass is 10.0. The Bertz CT molecular complexity index is 1270. The van der Waals surface area contributed by atoms with Crippen LogP contribution < -0.4 is 19.9 Å². The Morgan fingerprint density at radius 1 is 1.12 bits per heavy atom. The first-order valence-electron chi connectivity index (χ1n) is 14.5. The van der Waals surface area contributed by atoms with Crippen LogP contribution in [0, 0.1) is 0 Å². The van der Waals surface area contributed by atoms with Crippen LogP contribution in [0.1, 0.15) is 63.2 Å². The predicted octanol–water partition coefficient (Wildman–Crippen LogP) is 3.60. The zero-order valence-electron chi connectivity index (χ0n) is 25.3. The Hall–Kier alpha value is -3.93. The lowest BCUT2D eigenvalue weighted by Gasteiger charge is -2.42. The van der Waals surface area contributed by atoms with Crippen molar-refractivity contribution in [1.82, 2.24) is 19.8 Å². The van der Waals surface area contributed by atoms with Crippen LogP contribution in [0.2, 0.25) is 0 Å². The van der Waals surface area contributed by atoms with Crippen molar-refractivity contribution in [3.63, 3.8) is 0 Å². The summed E-state index contributed by atoms with van der Waals surface area (Å²) in [6.07, 6.45) is 6.80. The van der Waals surface area contributed by atoms with Crippen molar-refractivity contribution in [2.24, 2.45) is 0 Å². The highest BCUT2D eigenvalue weighted by Gasteiger charge is 2.32. The predicted molar refractivity (Wildman–Crippen MR) is 162 cm³/mol. The average Bonchev–Trinajstić information content (AvgIpc) is 3.48. The number of anilines is 4. The summed E-state index contributed by atoms with van der Waals surface area (Å²) in [6, 6.07) is 5.83. The van der Waals surface area contributed by atoms with Crippen LogP contribution in [0.5, 0.6) is 5.75 Å². The zero-order valence-corrected chi connectivity index (χ0v) is 25.3. The molecule has 2 amide bonds. The van der Waals surface area contributed by atoms with Crippen molar-refractivity contribution < 1.29 is 24.2 Å². The van der Waals surface area contributed by atoms with Gasteiger partial charge in [0.15, 0.2) is 5.82 Å². The summed E-state index contributed by atoms with van der Waals surface area (Å²) in [6.45, 7) is 10.2. The van der Waals surface area contributed by atoms with Gasteiger partial charge in [-0.05, 0) is 51.8 Å². The molecule has 0 spiro atoms. The van der Waals surface area contributed by atoms with E-state index in [2.05, 4.69) is 40.9 Å². The van der Waals surface area contributed by atoms with Crippen LogP contribution >= 0.6 is 0 Å². The topological polar surface area (TPSA) is 131 Å². The number of aromatic nitrogens is 2. The molecule has 1 saturated heterocycles. The minimum atomic E-state index is -0.250. The molecule has 1 aromatic heterocycles. The zero-order chi connectivity index (χ0) is 30.4. The molecule has 0 unspecified atom stereocenters. The van der Waals surface area contributed by atoms with Gasteiger partial charge in [0.05, 0.1) is 19.0 Å². The van der Waals surface area contributed by atoms with Gasteiger partial charge in [0, 0.05) is 63.3 Å². The van der Waals surface area contributed by atoms with Crippen molar-refractivity contribution in [2.75, 3.05) is 62.0 Å². The van der Waals surface area contributed by atoms with Crippen LogP contribution in [-0.2, 0) is 9.59 Å². The summed E-state index contributed by atoms with van der Waals surface area (Å²) in [7, 11) is 3.38. The van der Waals surface area contributed by atoms with E-state index in [1.54, 1.807) is 31.3 Å². The standard InChI is InChI=1S/C29H41N7O3.CH2O2/c1-29(2,3)35-16-14-34(15-17-35)27(38)20-10-11-22(24(18-20)39-5)31-28-30-19-23-26(32-28)36(21-8-6-7-9-21)13-12-25(37)33(23)4;2-1-3/h10-11,18-19,21H,6-9,12-17H2,1-5H3,(H,30,31,32);1H,(H,2,3). The molecule has 2 fully saturated rings. The number of nitrogens with zero attached hydrogens (tertiary/aromatic N) is 6. The summed E-state index contributed by atoms with van der Waals surface area (Å²) in [5.74, 6) is 1.84. The number of rotatable bonds is 5. The fraction of sp³-hybridized carbons (Fsp3) is 0.567. The minimum absolute atomic E-state index is 0.00889.